The number of nitrogens with zero attached hydrogens (tertiary/aromatic N) is 3. The van der Waals surface area contributed by atoms with Crippen LogP contribution in [0.1, 0.15) is 26.7 Å². The van der Waals surface area contributed by atoms with E-state index in [4.69, 9.17) is 0 Å². The van der Waals surface area contributed by atoms with E-state index < -0.39 is 10.5 Å². The highest BCUT2D eigenvalue weighted by Crippen LogP contribution is 2.28. The van der Waals surface area contributed by atoms with Crippen molar-refractivity contribution in [2.24, 2.45) is 0 Å². The lowest BCUT2D eigenvalue weighted by Gasteiger charge is -2.36. The zero-order valence-electron chi connectivity index (χ0n) is 11.8. The maximum atomic E-state index is 11.0. The van der Waals surface area contributed by atoms with E-state index in [9.17, 15) is 15.2 Å². The van der Waals surface area contributed by atoms with Gasteiger partial charge in [-0.05, 0) is 26.7 Å². The monoisotopic (exact) mass is 280 g/mol. The van der Waals surface area contributed by atoms with Crippen LogP contribution in [0.3, 0.4) is 0 Å². The van der Waals surface area contributed by atoms with E-state index in [1.54, 1.807) is 0 Å². The van der Waals surface area contributed by atoms with Gasteiger partial charge in [0.05, 0.1) is 22.7 Å². The Morgan fingerprint density at radius 2 is 2.15 bits per heavy atom. The molecule has 1 fully saturated rings. The Kier molecular flexibility index (Phi) is 4.08. The maximum absolute atomic E-state index is 11.0. The van der Waals surface area contributed by atoms with Crippen LogP contribution >= 0.6 is 0 Å². The average Bonchev–Trinajstić information content (AvgIpc) is 2.38. The van der Waals surface area contributed by atoms with Crippen molar-refractivity contribution >= 4 is 17.3 Å². The fourth-order valence-electron chi connectivity index (χ4n) is 2.26. The molecule has 7 heteroatoms. The average molecular weight is 280 g/mol. The van der Waals surface area contributed by atoms with Crippen molar-refractivity contribution in [3.63, 3.8) is 0 Å². The van der Waals surface area contributed by atoms with Gasteiger partial charge in [0, 0.05) is 19.6 Å². The van der Waals surface area contributed by atoms with Gasteiger partial charge < -0.3 is 15.3 Å². The Morgan fingerprint density at radius 3 is 2.70 bits per heavy atom. The van der Waals surface area contributed by atoms with Crippen molar-refractivity contribution in [1.29, 1.82) is 0 Å². The zero-order valence-corrected chi connectivity index (χ0v) is 11.8. The molecule has 2 N–H and O–H groups in total. The first-order valence-electron chi connectivity index (χ1n) is 6.79. The van der Waals surface area contributed by atoms with E-state index >= 15 is 0 Å². The van der Waals surface area contributed by atoms with Gasteiger partial charge in [0.1, 0.15) is 11.6 Å². The Hall–Kier alpha value is -1.89. The maximum Gasteiger partial charge on any atom is 0.276 e. The van der Waals surface area contributed by atoms with Gasteiger partial charge in [-0.2, -0.15) is 0 Å². The molecule has 0 radical (unpaired) electrons. The number of piperidine rings is 1. The first-order chi connectivity index (χ1) is 9.41. The minimum atomic E-state index is -0.651. The summed E-state index contributed by atoms with van der Waals surface area (Å²) in [6, 6.07) is 2.92. The van der Waals surface area contributed by atoms with Crippen LogP contribution in [0.4, 0.5) is 17.3 Å². The van der Waals surface area contributed by atoms with Gasteiger partial charge in [0.25, 0.3) is 5.69 Å². The molecular formula is C13H20N4O3. The van der Waals surface area contributed by atoms with Crippen LogP contribution in [0, 0.1) is 10.1 Å². The molecule has 0 atom stereocenters. The number of hydrogen-bond donors (Lipinski definition) is 2. The minimum Gasteiger partial charge on any atom is -0.390 e. The van der Waals surface area contributed by atoms with Crippen LogP contribution in [0.25, 0.3) is 0 Å². The van der Waals surface area contributed by atoms with Crippen molar-refractivity contribution in [3.8, 4) is 0 Å². The molecule has 1 aromatic heterocycles. The number of aliphatic hydroxyl groups is 1. The van der Waals surface area contributed by atoms with Crippen LogP contribution in [-0.2, 0) is 0 Å². The molecule has 0 spiro atoms. The van der Waals surface area contributed by atoms with E-state index in [-0.39, 0.29) is 5.69 Å². The molecule has 1 aliphatic rings. The van der Waals surface area contributed by atoms with E-state index in [1.165, 1.54) is 12.1 Å². The Labute approximate surface area is 117 Å². The minimum absolute atomic E-state index is 0.0308. The summed E-state index contributed by atoms with van der Waals surface area (Å²) < 4.78 is 0. The largest absolute Gasteiger partial charge is 0.390 e. The van der Waals surface area contributed by atoms with E-state index in [2.05, 4.69) is 10.3 Å². The standard InChI is InChI=1S/C13H20N4O3/c1-3-14-11-8-10(17(19)20)9-12(15-11)16-6-4-13(2,18)5-7-16/h8-9,18H,3-7H2,1-2H3,(H,14,15). The second kappa shape index (κ2) is 5.62. The summed E-state index contributed by atoms with van der Waals surface area (Å²) in [7, 11) is 0. The van der Waals surface area contributed by atoms with Crippen molar-refractivity contribution in [1.82, 2.24) is 4.98 Å². The number of hydrogen-bond acceptors (Lipinski definition) is 6. The zero-order chi connectivity index (χ0) is 14.8. The highest BCUT2D eigenvalue weighted by molar-refractivity contribution is 5.56. The fraction of sp³-hybridized carbons (Fsp3) is 0.615. The number of anilines is 2. The molecule has 20 heavy (non-hydrogen) atoms. The van der Waals surface area contributed by atoms with Gasteiger partial charge in [-0.1, -0.05) is 0 Å². The predicted molar refractivity (Wildman–Crippen MR) is 77.1 cm³/mol. The van der Waals surface area contributed by atoms with Crippen LogP contribution in [0.2, 0.25) is 0 Å². The molecular weight excluding hydrogens is 260 g/mol. The summed E-state index contributed by atoms with van der Waals surface area (Å²) in [6.45, 7) is 5.68. The molecule has 1 aromatic rings. The molecule has 110 valence electrons. The molecule has 0 unspecified atom stereocenters. The number of pyridine rings is 1. The van der Waals surface area contributed by atoms with Crippen LogP contribution in [0.5, 0.6) is 0 Å². The lowest BCUT2D eigenvalue weighted by Crippen LogP contribution is -2.42. The van der Waals surface area contributed by atoms with Crippen molar-refractivity contribution < 1.29 is 10.0 Å². The summed E-state index contributed by atoms with van der Waals surface area (Å²) in [5.41, 5.74) is -0.620. The van der Waals surface area contributed by atoms with Gasteiger partial charge in [0.15, 0.2) is 0 Å². The molecule has 7 nitrogen and oxygen atoms in total. The topological polar surface area (TPSA) is 91.5 Å². The van der Waals surface area contributed by atoms with Crippen molar-refractivity contribution in [2.75, 3.05) is 29.9 Å². The lowest BCUT2D eigenvalue weighted by atomic mass is 9.94. The lowest BCUT2D eigenvalue weighted by molar-refractivity contribution is -0.384. The summed E-state index contributed by atoms with van der Waals surface area (Å²) in [4.78, 5) is 17.0. The number of nitrogens with one attached hydrogen (secondary N) is 1. The molecule has 0 bridgehead atoms. The molecule has 2 rings (SSSR count). The second-order valence-electron chi connectivity index (χ2n) is 5.34. The van der Waals surface area contributed by atoms with E-state index in [0.717, 1.165) is 0 Å². The van der Waals surface area contributed by atoms with Gasteiger partial charge in [0.2, 0.25) is 0 Å². The predicted octanol–water partition coefficient (Wildman–Crippen LogP) is 1.77. The van der Waals surface area contributed by atoms with Crippen molar-refractivity contribution in [3.05, 3.63) is 22.2 Å². The van der Waals surface area contributed by atoms with Crippen molar-refractivity contribution in [2.45, 2.75) is 32.3 Å². The normalized spacial score (nSPS) is 17.9. The molecule has 0 aliphatic carbocycles. The molecule has 0 saturated carbocycles. The third kappa shape index (κ3) is 3.36. The SMILES string of the molecule is CCNc1cc([N+](=O)[O-])cc(N2CCC(C)(O)CC2)n1. The van der Waals surface area contributed by atoms with Gasteiger partial charge in [-0.25, -0.2) is 4.98 Å². The fourth-order valence-corrected chi connectivity index (χ4v) is 2.26. The number of aromatic nitrogens is 1. The summed E-state index contributed by atoms with van der Waals surface area (Å²) in [6.07, 6.45) is 1.27. The van der Waals surface area contributed by atoms with Gasteiger partial charge >= 0.3 is 0 Å². The van der Waals surface area contributed by atoms with Crippen LogP contribution in [-0.4, -0.2) is 40.2 Å². The van der Waals surface area contributed by atoms with Crippen LogP contribution < -0.4 is 10.2 Å². The van der Waals surface area contributed by atoms with Crippen LogP contribution in [0.15, 0.2) is 12.1 Å². The van der Waals surface area contributed by atoms with E-state index in [1.807, 2.05) is 18.7 Å². The third-order valence-corrected chi connectivity index (χ3v) is 3.53. The first-order valence-corrected chi connectivity index (χ1v) is 6.79. The summed E-state index contributed by atoms with van der Waals surface area (Å²) in [5.74, 6) is 1.10. The van der Waals surface area contributed by atoms with Gasteiger partial charge in [-0.15, -0.1) is 0 Å². The Bertz CT molecular complexity index is 494. The molecule has 0 amide bonds. The third-order valence-electron chi connectivity index (χ3n) is 3.53. The molecule has 1 saturated heterocycles. The molecule has 1 aliphatic heterocycles. The second-order valence-corrected chi connectivity index (χ2v) is 5.34. The summed E-state index contributed by atoms with van der Waals surface area (Å²) >= 11 is 0. The molecule has 2 heterocycles. The highest BCUT2D eigenvalue weighted by Gasteiger charge is 2.28. The van der Waals surface area contributed by atoms with E-state index in [0.29, 0.717) is 44.1 Å². The Balaban J connectivity index is 2.24. The quantitative estimate of drug-likeness (QED) is 0.645. The first kappa shape index (κ1) is 14.5. The highest BCUT2D eigenvalue weighted by atomic mass is 16.6. The number of nitro groups is 1. The Morgan fingerprint density at radius 1 is 1.50 bits per heavy atom. The van der Waals surface area contributed by atoms with Gasteiger partial charge in [-0.3, -0.25) is 10.1 Å². The number of rotatable bonds is 4. The summed E-state index contributed by atoms with van der Waals surface area (Å²) in [5, 5.41) is 23.9. The smallest absolute Gasteiger partial charge is 0.276 e. The molecule has 0 aromatic carbocycles.